The van der Waals surface area contributed by atoms with Crippen molar-refractivity contribution >= 4 is 41.4 Å². The molecule has 11 heteroatoms. The summed E-state index contributed by atoms with van der Waals surface area (Å²) in [4.78, 5) is 56.9. The molecule has 0 rings (SSSR count). The van der Waals surface area contributed by atoms with Crippen LogP contribution in [-0.4, -0.2) is 74.4 Å². The number of amides is 4. The molecule has 0 bridgehead atoms. The monoisotopic (exact) mass is 376 g/mol. The average molecular weight is 376 g/mol. The van der Waals surface area contributed by atoms with Crippen LogP contribution in [0, 0.1) is 0 Å². The van der Waals surface area contributed by atoms with Crippen molar-refractivity contribution in [1.82, 2.24) is 21.3 Å². The maximum absolute atomic E-state index is 12.0. The smallest absolute Gasteiger partial charge is 0.325 e. The van der Waals surface area contributed by atoms with Gasteiger partial charge in [-0.3, -0.25) is 24.0 Å². The number of carbonyl (C=O) groups excluding carboxylic acids is 5. The highest BCUT2D eigenvalue weighted by Crippen LogP contribution is 2.01. The molecule has 0 aromatic carbocycles. The maximum Gasteiger partial charge on any atom is 0.325 e. The van der Waals surface area contributed by atoms with Crippen LogP contribution in [0.4, 0.5) is 0 Å². The van der Waals surface area contributed by atoms with Crippen LogP contribution < -0.4 is 21.3 Å². The number of rotatable bonds is 11. The lowest BCUT2D eigenvalue weighted by Crippen LogP contribution is -2.49. The van der Waals surface area contributed by atoms with Crippen molar-refractivity contribution < 1.29 is 28.7 Å². The summed E-state index contributed by atoms with van der Waals surface area (Å²) in [7, 11) is 1.19. The Hall–Kier alpha value is -2.30. The molecular weight excluding hydrogens is 352 g/mol. The van der Waals surface area contributed by atoms with E-state index in [1.165, 1.54) is 25.8 Å². The molecule has 4 amide bonds. The highest BCUT2D eigenvalue weighted by Gasteiger charge is 2.19. The van der Waals surface area contributed by atoms with Gasteiger partial charge in [0.25, 0.3) is 0 Å². The van der Waals surface area contributed by atoms with E-state index in [0.717, 1.165) is 0 Å². The van der Waals surface area contributed by atoms with Crippen LogP contribution in [0.15, 0.2) is 0 Å². The minimum absolute atomic E-state index is 0.296. The highest BCUT2D eigenvalue weighted by molar-refractivity contribution is 7.98. The summed E-state index contributed by atoms with van der Waals surface area (Å²) < 4.78 is 4.35. The Morgan fingerprint density at radius 1 is 0.960 bits per heavy atom. The Morgan fingerprint density at radius 3 is 2.04 bits per heavy atom. The van der Waals surface area contributed by atoms with Crippen LogP contribution in [0.2, 0.25) is 0 Å². The van der Waals surface area contributed by atoms with E-state index in [9.17, 15) is 24.0 Å². The summed E-state index contributed by atoms with van der Waals surface area (Å²) in [6.45, 7) is 0.334. The zero-order valence-electron chi connectivity index (χ0n) is 14.5. The molecule has 0 aliphatic rings. The lowest BCUT2D eigenvalue weighted by Gasteiger charge is -2.17. The first-order valence-electron chi connectivity index (χ1n) is 7.44. The molecule has 0 heterocycles. The standard InChI is InChI=1S/C14H24N4O6S/c1-9(19)18-10(4-5-25-3)14(23)17-7-12(21)15-6-11(20)16-8-13(22)24-2/h10H,4-8H2,1-3H3,(H,15,21)(H,16,20)(H,17,23)(H,18,19). The summed E-state index contributed by atoms with van der Waals surface area (Å²) in [5.74, 6) is -1.90. The minimum atomic E-state index is -0.721. The van der Waals surface area contributed by atoms with Gasteiger partial charge in [0.1, 0.15) is 12.6 Å². The second-order valence-electron chi connectivity index (χ2n) is 4.88. The van der Waals surface area contributed by atoms with Crippen molar-refractivity contribution in [3.63, 3.8) is 0 Å². The van der Waals surface area contributed by atoms with Crippen molar-refractivity contribution in [2.75, 3.05) is 38.8 Å². The number of esters is 1. The van der Waals surface area contributed by atoms with E-state index in [1.807, 2.05) is 6.26 Å². The van der Waals surface area contributed by atoms with Gasteiger partial charge in [0.05, 0.1) is 20.2 Å². The van der Waals surface area contributed by atoms with E-state index >= 15 is 0 Å². The molecule has 4 N–H and O–H groups in total. The van der Waals surface area contributed by atoms with Crippen LogP contribution in [-0.2, 0) is 28.7 Å². The molecule has 1 unspecified atom stereocenters. The van der Waals surface area contributed by atoms with Gasteiger partial charge in [-0.25, -0.2) is 0 Å². The van der Waals surface area contributed by atoms with E-state index in [-0.39, 0.29) is 25.5 Å². The highest BCUT2D eigenvalue weighted by atomic mass is 32.2. The van der Waals surface area contributed by atoms with Crippen molar-refractivity contribution in [3.8, 4) is 0 Å². The van der Waals surface area contributed by atoms with E-state index < -0.39 is 29.7 Å². The SMILES string of the molecule is COC(=O)CNC(=O)CNC(=O)CNC(=O)C(CCSC)NC(C)=O. The Labute approximate surface area is 150 Å². The van der Waals surface area contributed by atoms with E-state index in [1.54, 1.807) is 0 Å². The number of thioether (sulfide) groups is 1. The van der Waals surface area contributed by atoms with Crippen LogP contribution >= 0.6 is 11.8 Å². The zero-order valence-corrected chi connectivity index (χ0v) is 15.3. The van der Waals surface area contributed by atoms with Crippen molar-refractivity contribution in [2.45, 2.75) is 19.4 Å². The van der Waals surface area contributed by atoms with Gasteiger partial charge in [0.15, 0.2) is 0 Å². The van der Waals surface area contributed by atoms with Gasteiger partial charge in [0, 0.05) is 6.92 Å². The van der Waals surface area contributed by atoms with Crippen LogP contribution in [0.5, 0.6) is 0 Å². The molecule has 0 radical (unpaired) electrons. The summed E-state index contributed by atoms with van der Waals surface area (Å²) in [5.41, 5.74) is 0. The van der Waals surface area contributed by atoms with Crippen LogP contribution in [0.1, 0.15) is 13.3 Å². The number of ether oxygens (including phenoxy) is 1. The van der Waals surface area contributed by atoms with Crippen LogP contribution in [0.3, 0.4) is 0 Å². The zero-order chi connectivity index (χ0) is 19.2. The second-order valence-corrected chi connectivity index (χ2v) is 5.87. The number of hydrogen-bond donors (Lipinski definition) is 4. The Morgan fingerprint density at radius 2 is 1.52 bits per heavy atom. The van der Waals surface area contributed by atoms with Crippen LogP contribution in [0.25, 0.3) is 0 Å². The molecular formula is C14H24N4O6S. The fourth-order valence-corrected chi connectivity index (χ4v) is 2.06. The Kier molecular flexibility index (Phi) is 11.8. The predicted molar refractivity (Wildman–Crippen MR) is 91.6 cm³/mol. The fourth-order valence-electron chi connectivity index (χ4n) is 1.59. The average Bonchev–Trinajstić information content (AvgIpc) is 2.58. The number of methoxy groups -OCH3 is 1. The second kappa shape index (κ2) is 13.0. The molecule has 1 atom stereocenters. The quantitative estimate of drug-likeness (QED) is 0.299. The van der Waals surface area contributed by atoms with Gasteiger partial charge in [-0.2, -0.15) is 11.8 Å². The van der Waals surface area contributed by atoms with Crippen molar-refractivity contribution in [3.05, 3.63) is 0 Å². The molecule has 0 saturated heterocycles. The lowest BCUT2D eigenvalue weighted by atomic mass is 10.2. The number of carbonyl (C=O) groups is 5. The Bertz CT molecular complexity index is 500. The molecule has 0 spiro atoms. The van der Waals surface area contributed by atoms with E-state index in [2.05, 4.69) is 26.0 Å². The van der Waals surface area contributed by atoms with Crippen molar-refractivity contribution in [2.24, 2.45) is 0 Å². The molecule has 0 saturated carbocycles. The summed E-state index contributed by atoms with van der Waals surface area (Å²) in [6, 6.07) is -0.721. The first-order valence-corrected chi connectivity index (χ1v) is 8.83. The topological polar surface area (TPSA) is 143 Å². The van der Waals surface area contributed by atoms with Gasteiger partial charge in [-0.05, 0) is 18.4 Å². The number of hydrogen-bond acceptors (Lipinski definition) is 7. The Balaban J connectivity index is 4.16. The van der Waals surface area contributed by atoms with Gasteiger partial charge in [-0.15, -0.1) is 0 Å². The van der Waals surface area contributed by atoms with E-state index in [4.69, 9.17) is 0 Å². The number of nitrogens with one attached hydrogen (secondary N) is 4. The van der Waals surface area contributed by atoms with Gasteiger partial charge in [0.2, 0.25) is 23.6 Å². The first kappa shape index (κ1) is 22.7. The molecule has 0 aliphatic heterocycles. The molecule has 0 aromatic rings. The third-order valence-corrected chi connectivity index (χ3v) is 3.48. The van der Waals surface area contributed by atoms with Gasteiger partial charge < -0.3 is 26.0 Å². The summed E-state index contributed by atoms with van der Waals surface area (Å²) >= 11 is 1.53. The first-order chi connectivity index (χ1) is 11.8. The molecule has 0 aliphatic carbocycles. The molecule has 25 heavy (non-hydrogen) atoms. The summed E-state index contributed by atoms with van der Waals surface area (Å²) in [6.07, 6.45) is 2.31. The third kappa shape index (κ3) is 11.8. The summed E-state index contributed by atoms with van der Waals surface area (Å²) in [5, 5.41) is 9.46. The normalized spacial score (nSPS) is 11.0. The molecule has 0 aromatic heterocycles. The van der Waals surface area contributed by atoms with Gasteiger partial charge >= 0.3 is 5.97 Å². The lowest BCUT2D eigenvalue weighted by molar-refractivity contribution is -0.141. The molecule has 142 valence electrons. The van der Waals surface area contributed by atoms with Gasteiger partial charge in [-0.1, -0.05) is 0 Å². The maximum atomic E-state index is 12.0. The third-order valence-electron chi connectivity index (χ3n) is 2.83. The molecule has 10 nitrogen and oxygen atoms in total. The minimum Gasteiger partial charge on any atom is -0.468 e. The van der Waals surface area contributed by atoms with E-state index in [0.29, 0.717) is 12.2 Å². The molecule has 0 fully saturated rings. The predicted octanol–water partition coefficient (Wildman–Crippen LogP) is -2.23. The largest absolute Gasteiger partial charge is 0.468 e. The fraction of sp³-hybridized carbons (Fsp3) is 0.643. The van der Waals surface area contributed by atoms with Crippen molar-refractivity contribution in [1.29, 1.82) is 0 Å².